The Morgan fingerprint density at radius 1 is 0.921 bits per heavy atom. The molecule has 0 unspecified atom stereocenters. The van der Waals surface area contributed by atoms with Gasteiger partial charge >= 0.3 is 10.1 Å². The monoisotopic (exact) mass is 554 g/mol. The van der Waals surface area contributed by atoms with E-state index in [9.17, 15) is 27.6 Å². The average molecular weight is 555 g/mol. The summed E-state index contributed by atoms with van der Waals surface area (Å²) in [6, 6.07) is 17.5. The largest absolute Gasteiger partial charge is 0.379 e. The van der Waals surface area contributed by atoms with Crippen molar-refractivity contribution in [3.63, 3.8) is 0 Å². The quantitative estimate of drug-likeness (QED) is 0.233. The van der Waals surface area contributed by atoms with Crippen LogP contribution in [0, 0.1) is 6.92 Å². The number of hydrogen-bond donors (Lipinski definition) is 0. The zero-order chi connectivity index (χ0) is 27.4. The number of aryl methyl sites for hydroxylation is 1. The van der Waals surface area contributed by atoms with Crippen molar-refractivity contribution in [3.8, 4) is 5.75 Å². The molecule has 38 heavy (non-hydrogen) atoms. The van der Waals surface area contributed by atoms with E-state index in [4.69, 9.17) is 15.8 Å². The molecule has 0 saturated carbocycles. The molecule has 3 aromatic rings. The summed E-state index contributed by atoms with van der Waals surface area (Å²) in [5.74, 6) is -2.59. The van der Waals surface area contributed by atoms with E-state index >= 15 is 0 Å². The summed E-state index contributed by atoms with van der Waals surface area (Å²) in [5, 5.41) is 1.61. The highest BCUT2D eigenvalue weighted by Gasteiger charge is 2.36. The number of hydrogen-bond acceptors (Lipinski definition) is 7. The minimum Gasteiger partial charge on any atom is -0.379 e. The molecule has 1 saturated heterocycles. The number of carbonyl (C=O) groups excluding carboxylic acids is 4. The zero-order valence-electron chi connectivity index (χ0n) is 20.3. The van der Waals surface area contributed by atoms with Crippen molar-refractivity contribution in [2.75, 3.05) is 6.54 Å². The summed E-state index contributed by atoms with van der Waals surface area (Å²) in [5.41, 5.74) is 1.03. The van der Waals surface area contributed by atoms with Crippen molar-refractivity contribution in [2.45, 2.75) is 31.1 Å². The van der Waals surface area contributed by atoms with E-state index in [2.05, 4.69) is 0 Å². The molecule has 1 fully saturated rings. The Labute approximate surface area is 224 Å². The van der Waals surface area contributed by atoms with Gasteiger partial charge in [0.1, 0.15) is 17.2 Å². The molecule has 0 aliphatic carbocycles. The second-order valence-electron chi connectivity index (χ2n) is 8.59. The number of imide groups is 1. The van der Waals surface area contributed by atoms with Gasteiger partial charge in [0.05, 0.1) is 10.6 Å². The smallest absolute Gasteiger partial charge is 0.339 e. The van der Waals surface area contributed by atoms with E-state index in [1.54, 1.807) is 24.3 Å². The van der Waals surface area contributed by atoms with Crippen LogP contribution in [-0.2, 0) is 19.7 Å². The molecule has 0 bridgehead atoms. The lowest BCUT2D eigenvalue weighted by Crippen LogP contribution is -2.56. The molecule has 1 aliphatic heterocycles. The van der Waals surface area contributed by atoms with Gasteiger partial charge in [-0.25, -0.2) is 5.01 Å². The molecular weight excluding hydrogens is 532 g/mol. The molecule has 0 N–H and O–H groups in total. The second-order valence-corrected chi connectivity index (χ2v) is 10.5. The number of nitrogens with zero attached hydrogens (tertiary/aromatic N) is 2. The third-order valence-corrected chi connectivity index (χ3v) is 7.41. The number of halogens is 1. The number of rotatable bonds is 8. The van der Waals surface area contributed by atoms with E-state index < -0.39 is 40.2 Å². The van der Waals surface area contributed by atoms with Crippen LogP contribution in [0.15, 0.2) is 77.7 Å². The van der Waals surface area contributed by atoms with Crippen molar-refractivity contribution in [1.29, 1.82) is 0 Å². The molecule has 3 aromatic carbocycles. The van der Waals surface area contributed by atoms with E-state index in [0.29, 0.717) is 11.4 Å². The first kappa shape index (κ1) is 27.0. The highest BCUT2D eigenvalue weighted by Crippen LogP contribution is 2.23. The predicted molar refractivity (Wildman–Crippen MR) is 138 cm³/mol. The highest BCUT2D eigenvalue weighted by atomic mass is 35.5. The van der Waals surface area contributed by atoms with Gasteiger partial charge < -0.3 is 4.18 Å². The van der Waals surface area contributed by atoms with Crippen molar-refractivity contribution in [1.82, 2.24) is 10.0 Å². The molecule has 9 nitrogen and oxygen atoms in total. The first-order chi connectivity index (χ1) is 18.1. The van der Waals surface area contributed by atoms with Crippen LogP contribution in [-0.4, -0.2) is 48.5 Å². The third-order valence-electron chi connectivity index (χ3n) is 5.82. The third kappa shape index (κ3) is 5.92. The maximum absolute atomic E-state index is 13.3. The highest BCUT2D eigenvalue weighted by molar-refractivity contribution is 7.87. The number of Topliss-reactive ketones (excluding diaryl/α,β-unsaturated/α-hetero) is 1. The molecule has 1 aliphatic rings. The second kappa shape index (κ2) is 11.2. The number of amides is 3. The van der Waals surface area contributed by atoms with Gasteiger partial charge in [-0.1, -0.05) is 41.4 Å². The van der Waals surface area contributed by atoms with E-state index in [1.807, 2.05) is 6.92 Å². The Balaban J connectivity index is 1.56. The molecule has 0 radical (unpaired) electrons. The first-order valence-electron chi connectivity index (χ1n) is 11.6. The molecule has 4 rings (SSSR count). The molecule has 1 heterocycles. The van der Waals surface area contributed by atoms with Crippen molar-refractivity contribution in [3.05, 3.63) is 94.5 Å². The number of carbonyl (C=O) groups is 4. The zero-order valence-corrected chi connectivity index (χ0v) is 21.9. The number of piperidine rings is 1. The van der Waals surface area contributed by atoms with Crippen molar-refractivity contribution < 1.29 is 31.8 Å². The molecule has 11 heteroatoms. The Hall–Kier alpha value is -4.02. The molecule has 0 aromatic heterocycles. The molecule has 196 valence electrons. The minimum atomic E-state index is -4.09. The average Bonchev–Trinajstić information content (AvgIpc) is 2.88. The molecule has 0 atom stereocenters. The minimum absolute atomic E-state index is 0.0205. The fourth-order valence-corrected chi connectivity index (χ4v) is 4.97. The molecular formula is C27H23ClN2O7S. The lowest BCUT2D eigenvalue weighted by molar-refractivity contribution is -0.162. The Bertz CT molecular complexity index is 1490. The Morgan fingerprint density at radius 2 is 1.53 bits per heavy atom. The standard InChI is InChI=1S/C27H23ClN2O7S/c1-18-9-15-21(16-10-18)38(35,36)37-20-13-11-19(12-14-20)24(31)17-29(30-25(32)7-4-8-26(30)33)27(34)22-5-2-3-6-23(22)28/h2-3,5-6,9-16H,4,7-8,17H2,1H3. The Kier molecular flexibility index (Phi) is 7.94. The van der Waals surface area contributed by atoms with Gasteiger partial charge in [0, 0.05) is 18.4 Å². The van der Waals surface area contributed by atoms with Crippen LogP contribution in [0.4, 0.5) is 0 Å². The lowest BCUT2D eigenvalue weighted by Gasteiger charge is -2.35. The van der Waals surface area contributed by atoms with Crippen LogP contribution >= 0.6 is 11.6 Å². The predicted octanol–water partition coefficient (Wildman–Crippen LogP) is 4.20. The van der Waals surface area contributed by atoms with Gasteiger partial charge in [-0.3, -0.25) is 19.2 Å². The van der Waals surface area contributed by atoms with Crippen LogP contribution in [0.25, 0.3) is 0 Å². The van der Waals surface area contributed by atoms with Gasteiger partial charge in [0.2, 0.25) is 11.8 Å². The van der Waals surface area contributed by atoms with E-state index in [-0.39, 0.29) is 39.6 Å². The number of hydrazine groups is 1. The van der Waals surface area contributed by atoms with E-state index in [1.165, 1.54) is 48.5 Å². The van der Waals surface area contributed by atoms with E-state index in [0.717, 1.165) is 10.6 Å². The fraction of sp³-hybridized carbons (Fsp3) is 0.185. The van der Waals surface area contributed by atoms with Crippen LogP contribution in [0.2, 0.25) is 5.02 Å². The van der Waals surface area contributed by atoms with Gasteiger partial charge in [-0.05, 0) is 61.9 Å². The summed E-state index contributed by atoms with van der Waals surface area (Å²) in [4.78, 5) is 51.7. The topological polar surface area (TPSA) is 118 Å². The molecule has 0 spiro atoms. The van der Waals surface area contributed by atoms with Crippen LogP contribution in [0.5, 0.6) is 5.75 Å². The molecule has 3 amide bonds. The van der Waals surface area contributed by atoms with Gasteiger partial charge in [0.25, 0.3) is 5.91 Å². The summed E-state index contributed by atoms with van der Waals surface area (Å²) in [6.07, 6.45) is 0.449. The maximum atomic E-state index is 13.3. The summed E-state index contributed by atoms with van der Waals surface area (Å²) in [6.45, 7) is 1.20. The number of benzene rings is 3. The number of ketones is 1. The van der Waals surface area contributed by atoms with Gasteiger partial charge in [-0.15, -0.1) is 0 Å². The van der Waals surface area contributed by atoms with Crippen LogP contribution in [0.1, 0.15) is 45.5 Å². The van der Waals surface area contributed by atoms with Crippen molar-refractivity contribution in [2.24, 2.45) is 0 Å². The van der Waals surface area contributed by atoms with Crippen LogP contribution in [0.3, 0.4) is 0 Å². The fourth-order valence-electron chi connectivity index (χ4n) is 3.82. The van der Waals surface area contributed by atoms with Crippen LogP contribution < -0.4 is 4.18 Å². The van der Waals surface area contributed by atoms with Crippen molar-refractivity contribution >= 4 is 45.2 Å². The Morgan fingerprint density at radius 3 is 2.13 bits per heavy atom. The summed E-state index contributed by atoms with van der Waals surface area (Å²) < 4.78 is 30.2. The first-order valence-corrected chi connectivity index (χ1v) is 13.4. The summed E-state index contributed by atoms with van der Waals surface area (Å²) in [7, 11) is -4.09. The van der Waals surface area contributed by atoms with Gasteiger partial charge in [-0.2, -0.15) is 13.4 Å². The maximum Gasteiger partial charge on any atom is 0.339 e. The SMILES string of the molecule is Cc1ccc(S(=O)(=O)Oc2ccc(C(=O)CN(C(=O)c3ccccc3Cl)N3C(=O)CCCC3=O)cc2)cc1. The normalized spacial score (nSPS) is 13.8. The van der Waals surface area contributed by atoms with Gasteiger partial charge in [0.15, 0.2) is 5.78 Å². The lowest BCUT2D eigenvalue weighted by atomic mass is 10.1. The summed E-state index contributed by atoms with van der Waals surface area (Å²) >= 11 is 6.17.